The molecule has 32 heavy (non-hydrogen) atoms. The van der Waals surface area contributed by atoms with Crippen LogP contribution in [0.2, 0.25) is 0 Å². The molecule has 2 aromatic rings. The quantitative estimate of drug-likeness (QED) is 0.524. The predicted molar refractivity (Wildman–Crippen MR) is 130 cm³/mol. The molecular weight excluding hydrogens is 425 g/mol. The van der Waals surface area contributed by atoms with E-state index in [4.69, 9.17) is 9.90 Å². The van der Waals surface area contributed by atoms with Crippen LogP contribution in [0, 0.1) is 17.5 Å². The molecule has 1 aliphatic rings. The Bertz CT molecular complexity index is 853. The first-order valence-corrected chi connectivity index (χ1v) is 12.1. The van der Waals surface area contributed by atoms with Crippen molar-refractivity contribution >= 4 is 17.8 Å². The lowest BCUT2D eigenvalue weighted by Gasteiger charge is -2.41. The number of hydrogen-bond acceptors (Lipinski definition) is 5. The number of nitrogens with one attached hydrogen (secondary N) is 1. The molecule has 0 spiro atoms. The first-order chi connectivity index (χ1) is 15.0. The monoisotopic (exact) mass is 463 g/mol. The number of carbonyl (C=O) groups is 1. The standard InChI is InChI=1S/C24H36FN3S.CH2O2/c1-17(2)27-19(4)24(12-11-21-9-10-22(25)29-21)13-14-28(16-24)23(5,6)20-8-7-18(3)26-15-20;2-1-3/h7-10,15,17,19,27H,11-14,16H2,1-6H3;1H,(H,2,3). The summed E-state index contributed by atoms with van der Waals surface area (Å²) in [6.07, 6.45) is 5.20. The highest BCUT2D eigenvalue weighted by atomic mass is 32.1. The van der Waals surface area contributed by atoms with Gasteiger partial charge in [-0.15, -0.1) is 11.3 Å². The van der Waals surface area contributed by atoms with Gasteiger partial charge in [-0.3, -0.25) is 14.7 Å². The van der Waals surface area contributed by atoms with Gasteiger partial charge in [-0.2, -0.15) is 4.39 Å². The molecule has 3 heterocycles. The van der Waals surface area contributed by atoms with Gasteiger partial charge >= 0.3 is 0 Å². The molecule has 2 N–H and O–H groups in total. The highest BCUT2D eigenvalue weighted by Crippen LogP contribution is 2.44. The molecule has 1 saturated heterocycles. The molecule has 0 aliphatic carbocycles. The molecule has 2 atom stereocenters. The third-order valence-corrected chi connectivity index (χ3v) is 7.73. The molecule has 1 fully saturated rings. The van der Waals surface area contributed by atoms with Crippen LogP contribution in [0.1, 0.15) is 63.6 Å². The number of halogens is 1. The van der Waals surface area contributed by atoms with Gasteiger partial charge < -0.3 is 10.4 Å². The smallest absolute Gasteiger partial charge is 0.290 e. The van der Waals surface area contributed by atoms with Gasteiger partial charge in [0.05, 0.1) is 0 Å². The van der Waals surface area contributed by atoms with E-state index in [1.165, 1.54) is 16.9 Å². The van der Waals surface area contributed by atoms with E-state index >= 15 is 0 Å². The molecule has 0 amide bonds. The van der Waals surface area contributed by atoms with Crippen LogP contribution in [0.3, 0.4) is 0 Å². The van der Waals surface area contributed by atoms with Gasteiger partial charge in [0.25, 0.3) is 6.47 Å². The second-order valence-corrected chi connectivity index (χ2v) is 10.8. The van der Waals surface area contributed by atoms with Gasteiger partial charge in [-0.25, -0.2) is 0 Å². The van der Waals surface area contributed by atoms with E-state index in [9.17, 15) is 4.39 Å². The van der Waals surface area contributed by atoms with Crippen LogP contribution in [0.15, 0.2) is 30.5 Å². The maximum absolute atomic E-state index is 13.5. The predicted octanol–water partition coefficient (Wildman–Crippen LogP) is 5.24. The van der Waals surface area contributed by atoms with E-state index in [-0.39, 0.29) is 22.6 Å². The Balaban J connectivity index is 0.00000114. The summed E-state index contributed by atoms with van der Waals surface area (Å²) in [7, 11) is 0. The van der Waals surface area contributed by atoms with Gasteiger partial charge in [0.1, 0.15) is 0 Å². The minimum absolute atomic E-state index is 0.0605. The summed E-state index contributed by atoms with van der Waals surface area (Å²) in [6, 6.07) is 8.72. The van der Waals surface area contributed by atoms with E-state index in [2.05, 4.69) is 62.0 Å². The van der Waals surface area contributed by atoms with Crippen LogP contribution >= 0.6 is 11.3 Å². The second-order valence-electron chi connectivity index (χ2n) is 9.64. The summed E-state index contributed by atoms with van der Waals surface area (Å²) in [5.74, 6) is 0. The molecule has 0 bridgehead atoms. The number of aryl methyl sites for hydroxylation is 2. The third-order valence-electron chi connectivity index (χ3n) is 6.79. The van der Waals surface area contributed by atoms with Crippen LogP contribution in [0.5, 0.6) is 0 Å². The van der Waals surface area contributed by atoms with Crippen LogP contribution in [-0.2, 0) is 16.8 Å². The Morgan fingerprint density at radius 2 is 2.00 bits per heavy atom. The molecule has 2 aromatic heterocycles. The SMILES string of the molecule is Cc1ccc(C(C)(C)N2CCC(CCc3ccc(F)s3)(C(C)NC(C)C)C2)cn1.O=CO. The van der Waals surface area contributed by atoms with Crippen LogP contribution in [0.4, 0.5) is 4.39 Å². The zero-order valence-corrected chi connectivity index (χ0v) is 21.0. The first-order valence-electron chi connectivity index (χ1n) is 11.3. The Morgan fingerprint density at radius 3 is 2.53 bits per heavy atom. The summed E-state index contributed by atoms with van der Waals surface area (Å²) >= 11 is 1.29. The van der Waals surface area contributed by atoms with Crippen LogP contribution in [-0.4, -0.2) is 46.6 Å². The summed E-state index contributed by atoms with van der Waals surface area (Å²) < 4.78 is 13.5. The van der Waals surface area contributed by atoms with Crippen molar-refractivity contribution in [3.05, 3.63) is 51.7 Å². The van der Waals surface area contributed by atoms with Crippen molar-refractivity contribution < 1.29 is 14.3 Å². The highest BCUT2D eigenvalue weighted by molar-refractivity contribution is 7.10. The van der Waals surface area contributed by atoms with E-state index in [1.807, 2.05) is 19.2 Å². The molecule has 0 aromatic carbocycles. The molecule has 7 heteroatoms. The molecule has 5 nitrogen and oxygen atoms in total. The number of carboxylic acid groups (broad SMARTS) is 1. The van der Waals surface area contributed by atoms with Crippen molar-refractivity contribution in [3.63, 3.8) is 0 Å². The lowest BCUT2D eigenvalue weighted by molar-refractivity contribution is -0.122. The van der Waals surface area contributed by atoms with Gasteiger partial charge in [0.15, 0.2) is 5.13 Å². The molecule has 2 unspecified atom stereocenters. The fourth-order valence-electron chi connectivity index (χ4n) is 4.69. The Hall–Kier alpha value is -1.83. The normalized spacial score (nSPS) is 20.1. The van der Waals surface area contributed by atoms with Crippen molar-refractivity contribution in [1.29, 1.82) is 0 Å². The average Bonchev–Trinajstić information content (AvgIpc) is 3.34. The van der Waals surface area contributed by atoms with Crippen molar-refractivity contribution in [3.8, 4) is 0 Å². The number of rotatable bonds is 8. The molecular formula is C25H38FN3O2S. The number of pyridine rings is 1. The maximum atomic E-state index is 13.5. The largest absolute Gasteiger partial charge is 0.483 e. The van der Waals surface area contributed by atoms with Gasteiger partial charge in [0, 0.05) is 40.9 Å². The molecule has 3 rings (SSSR count). The highest BCUT2D eigenvalue weighted by Gasteiger charge is 2.46. The number of likely N-dealkylation sites (tertiary alicyclic amines) is 1. The summed E-state index contributed by atoms with van der Waals surface area (Å²) in [4.78, 5) is 16.7. The zero-order chi connectivity index (χ0) is 23.9. The van der Waals surface area contributed by atoms with Gasteiger partial charge in [-0.05, 0) is 82.7 Å². The summed E-state index contributed by atoms with van der Waals surface area (Å²) in [5.41, 5.74) is 2.44. The number of hydrogen-bond donors (Lipinski definition) is 2. The molecule has 1 aliphatic heterocycles. The molecule has 0 radical (unpaired) electrons. The summed E-state index contributed by atoms with van der Waals surface area (Å²) in [6.45, 7) is 15.3. The van der Waals surface area contributed by atoms with Crippen molar-refractivity contribution in [2.45, 2.75) is 78.4 Å². The fraction of sp³-hybridized carbons (Fsp3) is 0.600. The van der Waals surface area contributed by atoms with Crippen LogP contribution < -0.4 is 5.32 Å². The topological polar surface area (TPSA) is 65.5 Å². The van der Waals surface area contributed by atoms with E-state index in [0.717, 1.165) is 42.9 Å². The van der Waals surface area contributed by atoms with Gasteiger partial charge in [0.2, 0.25) is 0 Å². The molecule has 178 valence electrons. The average molecular weight is 464 g/mol. The second kappa shape index (κ2) is 11.3. The lowest BCUT2D eigenvalue weighted by Crippen LogP contribution is -2.49. The van der Waals surface area contributed by atoms with E-state index in [0.29, 0.717) is 12.1 Å². The van der Waals surface area contributed by atoms with Gasteiger partial charge in [-0.1, -0.05) is 19.9 Å². The third kappa shape index (κ3) is 6.59. The zero-order valence-electron chi connectivity index (χ0n) is 20.2. The van der Waals surface area contributed by atoms with Crippen molar-refractivity contribution in [1.82, 2.24) is 15.2 Å². The first kappa shape index (κ1) is 26.4. The Labute approximate surface area is 196 Å². The number of thiophene rings is 1. The summed E-state index contributed by atoms with van der Waals surface area (Å²) in [5, 5.41) is 10.6. The minimum atomic E-state index is -0.250. The van der Waals surface area contributed by atoms with Crippen LogP contribution in [0.25, 0.3) is 0 Å². The Kier molecular flexibility index (Phi) is 9.37. The maximum Gasteiger partial charge on any atom is 0.290 e. The van der Waals surface area contributed by atoms with E-state index < -0.39 is 0 Å². The lowest BCUT2D eigenvalue weighted by atomic mass is 9.75. The van der Waals surface area contributed by atoms with Crippen molar-refractivity contribution in [2.75, 3.05) is 13.1 Å². The Morgan fingerprint density at radius 1 is 1.31 bits per heavy atom. The molecule has 0 saturated carbocycles. The van der Waals surface area contributed by atoms with Crippen molar-refractivity contribution in [2.24, 2.45) is 5.41 Å². The van der Waals surface area contributed by atoms with E-state index in [1.54, 1.807) is 6.07 Å². The fourth-order valence-corrected chi connectivity index (χ4v) is 5.42. The number of aromatic nitrogens is 1. The number of nitrogens with zero attached hydrogens (tertiary/aromatic N) is 2. The minimum Gasteiger partial charge on any atom is -0.483 e.